The molecule has 4 heteroatoms. The van der Waals surface area contributed by atoms with E-state index in [4.69, 9.17) is 0 Å². The normalized spacial score (nSPS) is 8.45. The molecule has 4 nitrogen and oxygen atoms in total. The number of hydrogen-bond donors (Lipinski definition) is 2. The van der Waals surface area contributed by atoms with E-state index >= 15 is 0 Å². The summed E-state index contributed by atoms with van der Waals surface area (Å²) in [5.74, 6) is 0. The second kappa shape index (κ2) is 4.27. The van der Waals surface area contributed by atoms with Gasteiger partial charge in [-0.2, -0.15) is 15.4 Å². The molecule has 0 aliphatic carbocycles. The first-order valence-electron chi connectivity index (χ1n) is 3.30. The fraction of sp³-hybridized carbons (Fsp3) is 0.143. The van der Waals surface area contributed by atoms with Crippen molar-refractivity contribution in [1.82, 2.24) is 20.4 Å². The number of aromatic nitrogens is 4. The summed E-state index contributed by atoms with van der Waals surface area (Å²) in [6.07, 6.45) is 5.42. The molecule has 58 valence electrons. The number of aromatic amines is 2. The van der Waals surface area contributed by atoms with E-state index in [-0.39, 0.29) is 0 Å². The van der Waals surface area contributed by atoms with Gasteiger partial charge in [0.1, 0.15) is 0 Å². The summed E-state index contributed by atoms with van der Waals surface area (Å²) < 4.78 is 0. The molecule has 0 fully saturated rings. The average Bonchev–Trinajstić information content (AvgIpc) is 2.57. The van der Waals surface area contributed by atoms with E-state index in [0.717, 1.165) is 5.69 Å². The fourth-order valence-corrected chi connectivity index (χ4v) is 0.537. The highest BCUT2D eigenvalue weighted by Crippen LogP contribution is 1.77. The molecule has 0 bridgehead atoms. The first-order chi connectivity index (χ1) is 5.39. The van der Waals surface area contributed by atoms with E-state index in [0.29, 0.717) is 0 Å². The summed E-state index contributed by atoms with van der Waals surface area (Å²) in [5.41, 5.74) is 0.926. The Hall–Kier alpha value is -1.58. The zero-order valence-electron chi connectivity index (χ0n) is 6.28. The lowest BCUT2D eigenvalue weighted by Gasteiger charge is -1.62. The minimum atomic E-state index is 0.926. The number of H-pyrrole nitrogens is 2. The molecule has 0 radical (unpaired) electrons. The van der Waals surface area contributed by atoms with Crippen molar-refractivity contribution < 1.29 is 0 Å². The van der Waals surface area contributed by atoms with Crippen molar-refractivity contribution in [3.05, 3.63) is 36.4 Å². The largest absolute Gasteiger partial charge is 0.368 e. The second-order valence-electron chi connectivity index (χ2n) is 2.00. The molecule has 0 amide bonds. The van der Waals surface area contributed by atoms with E-state index in [1.807, 2.05) is 31.5 Å². The summed E-state index contributed by atoms with van der Waals surface area (Å²) in [7, 11) is 0. The molecule has 0 saturated heterocycles. The molecule has 0 unspecified atom stereocenters. The molecular weight excluding hydrogens is 140 g/mol. The first-order valence-corrected chi connectivity index (χ1v) is 3.30. The molecule has 0 aliphatic heterocycles. The number of nitrogens with one attached hydrogen (secondary N) is 2. The van der Waals surface area contributed by atoms with Crippen LogP contribution in [0.25, 0.3) is 0 Å². The Morgan fingerprint density at radius 1 is 1.27 bits per heavy atom. The summed E-state index contributed by atoms with van der Waals surface area (Å²) in [4.78, 5) is 2.86. The van der Waals surface area contributed by atoms with Crippen LogP contribution in [-0.2, 0) is 0 Å². The smallest absolute Gasteiger partial charge is 0.0793 e. The lowest BCUT2D eigenvalue weighted by molar-refractivity contribution is 0.928. The highest BCUT2D eigenvalue weighted by atomic mass is 15.3. The molecule has 0 aromatic carbocycles. The average molecular weight is 150 g/mol. The minimum Gasteiger partial charge on any atom is -0.368 e. The monoisotopic (exact) mass is 150 g/mol. The Bertz CT molecular complexity index is 229. The van der Waals surface area contributed by atoms with Gasteiger partial charge in [0.25, 0.3) is 0 Å². The number of nitrogens with zero attached hydrogens (tertiary/aromatic N) is 2. The van der Waals surface area contributed by atoms with Gasteiger partial charge in [-0.15, -0.1) is 0 Å². The summed E-state index contributed by atoms with van der Waals surface area (Å²) in [6.45, 7) is 1.88. The van der Waals surface area contributed by atoms with E-state index in [1.165, 1.54) is 0 Å². The number of hydrogen-bond acceptors (Lipinski definition) is 2. The summed E-state index contributed by atoms with van der Waals surface area (Å²) in [6, 6.07) is 3.89. The van der Waals surface area contributed by atoms with Crippen molar-refractivity contribution in [2.75, 3.05) is 0 Å². The quantitative estimate of drug-likeness (QED) is 0.591. The van der Waals surface area contributed by atoms with Crippen molar-refractivity contribution >= 4 is 0 Å². The molecular formula is C7H10N4. The van der Waals surface area contributed by atoms with Gasteiger partial charge in [-0.05, 0) is 19.1 Å². The van der Waals surface area contributed by atoms with Gasteiger partial charge in [0.15, 0.2) is 0 Å². The maximum absolute atomic E-state index is 3.68. The molecule has 0 atom stereocenters. The van der Waals surface area contributed by atoms with Crippen molar-refractivity contribution in [3.63, 3.8) is 0 Å². The third kappa shape index (κ3) is 3.20. The van der Waals surface area contributed by atoms with Crippen molar-refractivity contribution in [3.8, 4) is 0 Å². The van der Waals surface area contributed by atoms with Crippen LogP contribution >= 0.6 is 0 Å². The predicted molar refractivity (Wildman–Crippen MR) is 41.9 cm³/mol. The van der Waals surface area contributed by atoms with E-state index < -0.39 is 0 Å². The predicted octanol–water partition coefficient (Wildman–Crippen LogP) is 1.13. The Morgan fingerprint density at radius 3 is 2.18 bits per heavy atom. The van der Waals surface area contributed by atoms with E-state index in [1.54, 1.807) is 6.20 Å². The highest BCUT2D eigenvalue weighted by molar-refractivity contribution is 4.84. The van der Waals surface area contributed by atoms with Crippen LogP contribution < -0.4 is 0 Å². The van der Waals surface area contributed by atoms with Gasteiger partial charge in [-0.25, -0.2) is 0 Å². The lowest BCUT2D eigenvalue weighted by atomic mass is 10.6. The molecule has 0 spiro atoms. The number of rotatable bonds is 0. The van der Waals surface area contributed by atoms with Crippen LogP contribution in [0.3, 0.4) is 0 Å². The Balaban J connectivity index is 0.000000112. The Morgan fingerprint density at radius 2 is 2.00 bits per heavy atom. The van der Waals surface area contributed by atoms with Gasteiger partial charge in [-0.1, -0.05) is 0 Å². The van der Waals surface area contributed by atoms with Gasteiger partial charge in [-0.3, -0.25) is 0 Å². The molecule has 0 saturated carbocycles. The van der Waals surface area contributed by atoms with Crippen molar-refractivity contribution in [2.45, 2.75) is 6.92 Å². The van der Waals surface area contributed by atoms with Crippen LogP contribution in [0.5, 0.6) is 0 Å². The topological polar surface area (TPSA) is 57.4 Å². The lowest BCUT2D eigenvalue weighted by Crippen LogP contribution is -1.66. The molecule has 2 rings (SSSR count). The van der Waals surface area contributed by atoms with Crippen LogP contribution in [0.1, 0.15) is 5.69 Å². The standard InChI is InChI=1S/C4H5N.C3H5N3/c1-2-4-5-3-1;1-3-2-4-6-5-3/h1-5H;2H,1H3,(H,4,5,6). The Kier molecular flexibility index (Phi) is 2.92. The summed E-state index contributed by atoms with van der Waals surface area (Å²) >= 11 is 0. The van der Waals surface area contributed by atoms with Crippen LogP contribution in [0, 0.1) is 6.92 Å². The van der Waals surface area contributed by atoms with Crippen LogP contribution in [0.4, 0.5) is 0 Å². The first kappa shape index (κ1) is 7.53. The number of aryl methyl sites for hydroxylation is 1. The van der Waals surface area contributed by atoms with E-state index in [9.17, 15) is 0 Å². The zero-order chi connectivity index (χ0) is 7.94. The van der Waals surface area contributed by atoms with Gasteiger partial charge >= 0.3 is 0 Å². The third-order valence-corrected chi connectivity index (χ3v) is 1.03. The maximum atomic E-state index is 3.68. The Labute approximate surface area is 64.7 Å². The van der Waals surface area contributed by atoms with Gasteiger partial charge in [0.2, 0.25) is 0 Å². The highest BCUT2D eigenvalue weighted by Gasteiger charge is 1.76. The fourth-order valence-electron chi connectivity index (χ4n) is 0.537. The van der Waals surface area contributed by atoms with Gasteiger partial charge in [0, 0.05) is 12.4 Å². The summed E-state index contributed by atoms with van der Waals surface area (Å²) in [5, 5.41) is 9.70. The molecule has 2 heterocycles. The zero-order valence-corrected chi connectivity index (χ0v) is 6.28. The van der Waals surface area contributed by atoms with E-state index in [2.05, 4.69) is 20.4 Å². The van der Waals surface area contributed by atoms with Gasteiger partial charge in [0.05, 0.1) is 11.9 Å². The second-order valence-corrected chi connectivity index (χ2v) is 2.00. The molecule has 2 aromatic heterocycles. The molecule has 2 N–H and O–H groups in total. The third-order valence-electron chi connectivity index (χ3n) is 1.03. The molecule has 2 aromatic rings. The SMILES string of the molecule is Cc1cn[nH]n1.c1cc[nH]c1. The van der Waals surface area contributed by atoms with Crippen LogP contribution in [0.15, 0.2) is 30.7 Å². The van der Waals surface area contributed by atoms with Crippen LogP contribution in [0.2, 0.25) is 0 Å². The molecule has 0 aliphatic rings. The maximum Gasteiger partial charge on any atom is 0.0793 e. The minimum absolute atomic E-state index is 0.926. The van der Waals surface area contributed by atoms with Crippen LogP contribution in [-0.4, -0.2) is 20.4 Å². The van der Waals surface area contributed by atoms with Crippen molar-refractivity contribution in [1.29, 1.82) is 0 Å². The van der Waals surface area contributed by atoms with Crippen molar-refractivity contribution in [2.24, 2.45) is 0 Å². The van der Waals surface area contributed by atoms with Gasteiger partial charge < -0.3 is 4.98 Å². The molecule has 11 heavy (non-hydrogen) atoms.